The zero-order valence-corrected chi connectivity index (χ0v) is 14.5. The largest absolute Gasteiger partial charge is 0.456 e. The van der Waals surface area contributed by atoms with Gasteiger partial charge in [-0.25, -0.2) is 4.79 Å². The van der Waals surface area contributed by atoms with Gasteiger partial charge in [0.25, 0.3) is 0 Å². The summed E-state index contributed by atoms with van der Waals surface area (Å²) < 4.78 is 43.8. The Hall–Kier alpha value is -0.780. The second-order valence-corrected chi connectivity index (χ2v) is 8.77. The minimum atomic E-state index is -4.61. The van der Waals surface area contributed by atoms with Crippen LogP contribution in [0, 0.1) is 29.6 Å². The van der Waals surface area contributed by atoms with Crippen LogP contribution in [0.3, 0.4) is 0 Å². The molecule has 4 saturated carbocycles. The summed E-state index contributed by atoms with van der Waals surface area (Å²) in [6.07, 6.45) is -1.01. The summed E-state index contributed by atoms with van der Waals surface area (Å²) in [6, 6.07) is 0. The molecule has 0 aromatic carbocycles. The molecule has 0 aromatic heterocycles. The maximum Gasteiger partial charge on any atom is 0.392 e. The monoisotopic (exact) mass is 348 g/mol. The number of ether oxygens (including phenoxy) is 1. The molecule has 0 aliphatic heterocycles. The predicted molar refractivity (Wildman–Crippen MR) is 82.0 cm³/mol. The molecule has 1 unspecified atom stereocenters. The lowest BCUT2D eigenvalue weighted by molar-refractivity contribution is -0.244. The Balaban J connectivity index is 1.84. The summed E-state index contributed by atoms with van der Waals surface area (Å²) in [5.74, 6) is 0.639. The topological polar surface area (TPSA) is 46.5 Å². The molecule has 4 rings (SSSR count). The highest BCUT2D eigenvalue weighted by atomic mass is 19.4. The molecule has 4 aliphatic carbocycles. The lowest BCUT2D eigenvalue weighted by Crippen LogP contribution is -2.63. The standard InChI is InChI=1S/C18H27F3O3/c1-10(2)18(24-15(22)16(3,23)9-17(19,20)21)13-5-11-4-12(7-13)8-14(18)6-11/h10-14,23H,4-9H2,1-3H3. The molecule has 4 fully saturated rings. The number of carbonyl (C=O) groups is 1. The van der Waals surface area contributed by atoms with Gasteiger partial charge in [0.1, 0.15) is 5.60 Å². The number of hydrogen-bond donors (Lipinski definition) is 1. The van der Waals surface area contributed by atoms with Gasteiger partial charge in [0.05, 0.1) is 6.42 Å². The van der Waals surface area contributed by atoms with E-state index in [1.165, 1.54) is 6.42 Å². The van der Waals surface area contributed by atoms with Gasteiger partial charge in [0.15, 0.2) is 5.60 Å². The summed E-state index contributed by atoms with van der Waals surface area (Å²) in [5.41, 5.74) is -3.26. The van der Waals surface area contributed by atoms with Gasteiger partial charge in [-0.05, 0) is 68.6 Å². The quantitative estimate of drug-likeness (QED) is 0.779. The maximum absolute atomic E-state index is 12.7. The van der Waals surface area contributed by atoms with Crippen LogP contribution in [0.2, 0.25) is 0 Å². The number of alkyl halides is 3. The van der Waals surface area contributed by atoms with Crippen LogP contribution >= 0.6 is 0 Å². The molecule has 1 N–H and O–H groups in total. The van der Waals surface area contributed by atoms with E-state index >= 15 is 0 Å². The molecule has 4 aliphatic rings. The predicted octanol–water partition coefficient (Wildman–Crippen LogP) is 4.08. The summed E-state index contributed by atoms with van der Waals surface area (Å²) in [5, 5.41) is 10.1. The van der Waals surface area contributed by atoms with Crippen molar-refractivity contribution in [1.82, 2.24) is 0 Å². The first-order chi connectivity index (χ1) is 10.9. The molecule has 138 valence electrons. The zero-order chi connectivity index (χ0) is 17.9. The summed E-state index contributed by atoms with van der Waals surface area (Å²) in [6.45, 7) is 4.87. The second-order valence-electron chi connectivity index (χ2n) is 8.77. The third-order valence-corrected chi connectivity index (χ3v) is 6.57. The third kappa shape index (κ3) is 2.95. The fourth-order valence-electron chi connectivity index (χ4n) is 5.88. The SMILES string of the molecule is CC(C)C1(OC(=O)C(C)(O)CC(F)(F)F)C2CC3CC(C2)CC1C3. The van der Waals surface area contributed by atoms with E-state index in [1.54, 1.807) is 0 Å². The van der Waals surface area contributed by atoms with Crippen molar-refractivity contribution in [1.29, 1.82) is 0 Å². The Morgan fingerprint density at radius 2 is 1.58 bits per heavy atom. The number of carbonyl (C=O) groups excluding carboxylic acids is 1. The van der Waals surface area contributed by atoms with E-state index in [4.69, 9.17) is 4.74 Å². The van der Waals surface area contributed by atoms with Crippen molar-refractivity contribution in [2.75, 3.05) is 0 Å². The van der Waals surface area contributed by atoms with Crippen LogP contribution in [0.15, 0.2) is 0 Å². The highest BCUT2D eigenvalue weighted by Crippen LogP contribution is 2.62. The van der Waals surface area contributed by atoms with Gasteiger partial charge in [0.2, 0.25) is 0 Å². The van der Waals surface area contributed by atoms with Crippen LogP contribution < -0.4 is 0 Å². The van der Waals surface area contributed by atoms with Gasteiger partial charge in [-0.2, -0.15) is 13.2 Å². The van der Waals surface area contributed by atoms with Crippen LogP contribution in [0.1, 0.15) is 59.3 Å². The van der Waals surface area contributed by atoms with Crippen molar-refractivity contribution >= 4 is 5.97 Å². The Morgan fingerprint density at radius 3 is 1.96 bits per heavy atom. The molecule has 0 heterocycles. The Labute approximate surface area is 140 Å². The zero-order valence-electron chi connectivity index (χ0n) is 14.5. The normalized spacial score (nSPS) is 40.7. The van der Waals surface area contributed by atoms with E-state index in [0.717, 1.165) is 32.6 Å². The van der Waals surface area contributed by atoms with E-state index in [-0.39, 0.29) is 17.8 Å². The highest BCUT2D eigenvalue weighted by molar-refractivity contribution is 5.79. The maximum atomic E-state index is 12.7. The Morgan fingerprint density at radius 1 is 1.12 bits per heavy atom. The van der Waals surface area contributed by atoms with Crippen molar-refractivity contribution in [3.8, 4) is 0 Å². The molecular formula is C18H27F3O3. The van der Waals surface area contributed by atoms with Gasteiger partial charge < -0.3 is 9.84 Å². The molecule has 0 saturated heterocycles. The molecular weight excluding hydrogens is 321 g/mol. The van der Waals surface area contributed by atoms with Gasteiger partial charge >= 0.3 is 12.1 Å². The summed E-state index contributed by atoms with van der Waals surface area (Å²) >= 11 is 0. The smallest absolute Gasteiger partial charge is 0.392 e. The number of aliphatic hydroxyl groups is 1. The van der Waals surface area contributed by atoms with Crippen LogP contribution in [0.4, 0.5) is 13.2 Å². The average molecular weight is 348 g/mol. The molecule has 24 heavy (non-hydrogen) atoms. The second kappa shape index (κ2) is 5.61. The summed E-state index contributed by atoms with van der Waals surface area (Å²) in [4.78, 5) is 12.5. The average Bonchev–Trinajstić information content (AvgIpc) is 2.38. The first kappa shape index (κ1) is 18.0. The van der Waals surface area contributed by atoms with Crippen LogP contribution in [-0.4, -0.2) is 28.5 Å². The van der Waals surface area contributed by atoms with E-state index in [2.05, 4.69) is 0 Å². The first-order valence-corrected chi connectivity index (χ1v) is 8.96. The Bertz CT molecular complexity index is 482. The molecule has 0 amide bonds. The third-order valence-electron chi connectivity index (χ3n) is 6.57. The number of esters is 1. The molecule has 0 aromatic rings. The molecule has 4 bridgehead atoms. The van der Waals surface area contributed by atoms with Crippen molar-refractivity contribution in [3.05, 3.63) is 0 Å². The van der Waals surface area contributed by atoms with Crippen LogP contribution in [-0.2, 0) is 9.53 Å². The van der Waals surface area contributed by atoms with Crippen LogP contribution in [0.25, 0.3) is 0 Å². The van der Waals surface area contributed by atoms with E-state index < -0.39 is 29.8 Å². The fourth-order valence-corrected chi connectivity index (χ4v) is 5.88. The molecule has 6 heteroatoms. The van der Waals surface area contributed by atoms with Gasteiger partial charge in [-0.15, -0.1) is 0 Å². The van der Waals surface area contributed by atoms with Crippen molar-refractivity contribution in [3.63, 3.8) is 0 Å². The fraction of sp³-hybridized carbons (Fsp3) is 0.944. The first-order valence-electron chi connectivity index (χ1n) is 8.96. The number of halogens is 3. The van der Waals surface area contributed by atoms with E-state index in [9.17, 15) is 23.1 Å². The molecule has 3 nitrogen and oxygen atoms in total. The number of hydrogen-bond acceptors (Lipinski definition) is 3. The number of rotatable bonds is 4. The Kier molecular flexibility index (Phi) is 4.22. The van der Waals surface area contributed by atoms with Crippen molar-refractivity contribution in [2.45, 2.75) is 76.7 Å². The van der Waals surface area contributed by atoms with Crippen LogP contribution in [0.5, 0.6) is 0 Å². The van der Waals surface area contributed by atoms with Gasteiger partial charge in [0, 0.05) is 0 Å². The molecule has 0 radical (unpaired) electrons. The highest BCUT2D eigenvalue weighted by Gasteiger charge is 2.62. The van der Waals surface area contributed by atoms with E-state index in [0.29, 0.717) is 11.8 Å². The minimum Gasteiger partial charge on any atom is -0.456 e. The molecule has 1 atom stereocenters. The summed E-state index contributed by atoms with van der Waals surface area (Å²) in [7, 11) is 0. The lowest BCUT2D eigenvalue weighted by Gasteiger charge is -2.62. The lowest BCUT2D eigenvalue weighted by atomic mass is 9.47. The van der Waals surface area contributed by atoms with E-state index in [1.807, 2.05) is 13.8 Å². The molecule has 0 spiro atoms. The van der Waals surface area contributed by atoms with Crippen molar-refractivity contribution in [2.24, 2.45) is 29.6 Å². The van der Waals surface area contributed by atoms with Gasteiger partial charge in [-0.1, -0.05) is 13.8 Å². The van der Waals surface area contributed by atoms with Crippen molar-refractivity contribution < 1.29 is 27.8 Å². The minimum absolute atomic E-state index is 0.0261. The van der Waals surface area contributed by atoms with Gasteiger partial charge in [-0.3, -0.25) is 0 Å².